The normalized spacial score (nSPS) is 29.5. The van der Waals surface area contributed by atoms with Gasteiger partial charge in [-0.3, -0.25) is 0 Å². The quantitative estimate of drug-likeness (QED) is 0.804. The van der Waals surface area contributed by atoms with Gasteiger partial charge in [0.15, 0.2) is 0 Å². The lowest BCUT2D eigenvalue weighted by atomic mass is 10.1. The summed E-state index contributed by atoms with van der Waals surface area (Å²) in [5.41, 5.74) is 0.321. The van der Waals surface area contributed by atoms with Crippen molar-refractivity contribution in [2.24, 2.45) is 5.92 Å². The molecule has 7 heteroatoms. The molecule has 2 rings (SSSR count). The van der Waals surface area contributed by atoms with E-state index in [1.54, 1.807) is 0 Å². The smallest absolute Gasteiger partial charge is 0.293 e. The van der Waals surface area contributed by atoms with Crippen LogP contribution >= 0.6 is 23.2 Å². The lowest BCUT2D eigenvalue weighted by Gasteiger charge is -2.24. The maximum atomic E-state index is 13.8. The van der Waals surface area contributed by atoms with Crippen LogP contribution in [-0.2, 0) is 0 Å². The van der Waals surface area contributed by atoms with E-state index in [4.69, 9.17) is 28.3 Å². The van der Waals surface area contributed by atoms with Gasteiger partial charge in [-0.2, -0.15) is 0 Å². The summed E-state index contributed by atoms with van der Waals surface area (Å²) in [5.74, 6) is -4.17. The number of nitrogens with one attached hydrogen (secondary N) is 1. The number of aliphatic hydroxyl groups excluding tert-OH is 2. The van der Waals surface area contributed by atoms with Gasteiger partial charge in [-0.25, -0.2) is 8.78 Å². The minimum absolute atomic E-state index is 0.0381. The van der Waals surface area contributed by atoms with Crippen molar-refractivity contribution in [3.05, 3.63) is 28.2 Å². The summed E-state index contributed by atoms with van der Waals surface area (Å²) < 4.78 is 27.7. The monoisotopic (exact) mass is 311 g/mol. The van der Waals surface area contributed by atoms with Crippen LogP contribution in [-0.4, -0.2) is 34.9 Å². The first-order valence-electron chi connectivity index (χ1n) is 5.74. The van der Waals surface area contributed by atoms with Crippen molar-refractivity contribution < 1.29 is 19.0 Å². The van der Waals surface area contributed by atoms with Gasteiger partial charge in [0.2, 0.25) is 0 Å². The van der Waals surface area contributed by atoms with Gasteiger partial charge in [0, 0.05) is 17.5 Å². The van der Waals surface area contributed by atoms with E-state index < -0.39 is 30.6 Å². The van der Waals surface area contributed by atoms with E-state index in [-0.39, 0.29) is 11.4 Å². The average molecular weight is 312 g/mol. The number of aliphatic hydroxyl groups is 2. The maximum absolute atomic E-state index is 13.8. The van der Waals surface area contributed by atoms with E-state index in [1.165, 1.54) is 18.2 Å². The number of rotatable bonds is 3. The molecule has 1 saturated carbocycles. The topological polar surface area (TPSA) is 52.5 Å². The van der Waals surface area contributed by atoms with Crippen molar-refractivity contribution in [1.29, 1.82) is 0 Å². The molecule has 0 unspecified atom stereocenters. The van der Waals surface area contributed by atoms with Gasteiger partial charge in [0.05, 0.1) is 16.8 Å². The molecule has 0 aliphatic heterocycles. The molecule has 1 aliphatic rings. The predicted octanol–water partition coefficient (Wildman–Crippen LogP) is 2.78. The van der Waals surface area contributed by atoms with Crippen molar-refractivity contribution in [2.75, 3.05) is 11.9 Å². The molecule has 0 amide bonds. The molecular formula is C12H13Cl2F2NO2. The van der Waals surface area contributed by atoms with Gasteiger partial charge in [0.25, 0.3) is 5.92 Å². The third kappa shape index (κ3) is 2.79. The van der Waals surface area contributed by atoms with Crippen LogP contribution in [0.25, 0.3) is 0 Å². The lowest BCUT2D eigenvalue weighted by Crippen LogP contribution is -2.42. The molecule has 1 aliphatic carbocycles. The van der Waals surface area contributed by atoms with Gasteiger partial charge in [-0.15, -0.1) is 0 Å². The third-order valence-corrected chi connectivity index (χ3v) is 3.89. The minimum Gasteiger partial charge on any atom is -0.396 e. The molecule has 0 heterocycles. The summed E-state index contributed by atoms with van der Waals surface area (Å²) in [4.78, 5) is 0. The Morgan fingerprint density at radius 3 is 2.58 bits per heavy atom. The summed E-state index contributed by atoms with van der Waals surface area (Å²) >= 11 is 11.6. The van der Waals surface area contributed by atoms with Crippen LogP contribution in [0.4, 0.5) is 14.5 Å². The first kappa shape index (κ1) is 14.8. The van der Waals surface area contributed by atoms with Crippen LogP contribution in [0.5, 0.6) is 0 Å². The van der Waals surface area contributed by atoms with Crippen LogP contribution < -0.4 is 5.32 Å². The zero-order chi connectivity index (χ0) is 14.2. The standard InChI is InChI=1S/C12H13Cl2F2NO2/c13-7-1-2-9(8(14)4-7)17-10-3-6(5-18)11(19)12(10,15)16/h1-2,4,6,10-11,17-19H,3,5H2/t6-,10-,11-/m1/s1. The van der Waals surface area contributed by atoms with Gasteiger partial charge < -0.3 is 15.5 Å². The summed E-state index contributed by atoms with van der Waals surface area (Å²) in [5, 5.41) is 21.7. The average Bonchev–Trinajstić information content (AvgIpc) is 2.56. The summed E-state index contributed by atoms with van der Waals surface area (Å²) in [6.07, 6.45) is -1.90. The van der Waals surface area contributed by atoms with Crippen LogP contribution in [0.2, 0.25) is 10.0 Å². The highest BCUT2D eigenvalue weighted by molar-refractivity contribution is 6.36. The van der Waals surface area contributed by atoms with Crippen molar-refractivity contribution in [1.82, 2.24) is 0 Å². The fourth-order valence-electron chi connectivity index (χ4n) is 2.23. The fourth-order valence-corrected chi connectivity index (χ4v) is 2.70. The molecule has 0 spiro atoms. The highest BCUT2D eigenvalue weighted by Crippen LogP contribution is 2.41. The Morgan fingerprint density at radius 2 is 2.05 bits per heavy atom. The molecule has 3 N–H and O–H groups in total. The Morgan fingerprint density at radius 1 is 1.37 bits per heavy atom. The van der Waals surface area contributed by atoms with Crippen LogP contribution in [0, 0.1) is 5.92 Å². The molecule has 106 valence electrons. The summed E-state index contributed by atoms with van der Waals surface area (Å²) in [6, 6.07) is 3.19. The zero-order valence-electron chi connectivity index (χ0n) is 9.78. The van der Waals surface area contributed by atoms with E-state index in [1.807, 2.05) is 0 Å². The van der Waals surface area contributed by atoms with Crippen LogP contribution in [0.15, 0.2) is 18.2 Å². The number of halogens is 4. The van der Waals surface area contributed by atoms with Crippen molar-refractivity contribution in [3.63, 3.8) is 0 Å². The second kappa shape index (κ2) is 5.40. The molecule has 0 radical (unpaired) electrons. The molecule has 1 fully saturated rings. The fraction of sp³-hybridized carbons (Fsp3) is 0.500. The lowest BCUT2D eigenvalue weighted by molar-refractivity contribution is -0.107. The van der Waals surface area contributed by atoms with Crippen molar-refractivity contribution in [2.45, 2.75) is 24.5 Å². The van der Waals surface area contributed by atoms with E-state index in [0.29, 0.717) is 10.7 Å². The van der Waals surface area contributed by atoms with E-state index >= 15 is 0 Å². The number of benzene rings is 1. The first-order valence-corrected chi connectivity index (χ1v) is 6.50. The predicted molar refractivity (Wildman–Crippen MR) is 70.0 cm³/mol. The Bertz CT molecular complexity index is 473. The summed E-state index contributed by atoms with van der Waals surface area (Å²) in [6.45, 7) is -0.483. The minimum atomic E-state index is -3.32. The van der Waals surface area contributed by atoms with Gasteiger partial charge >= 0.3 is 0 Å². The molecule has 0 saturated heterocycles. The van der Waals surface area contributed by atoms with Gasteiger partial charge in [-0.1, -0.05) is 23.2 Å². The molecule has 19 heavy (non-hydrogen) atoms. The Balaban J connectivity index is 2.19. The Kier molecular flexibility index (Phi) is 4.20. The second-order valence-electron chi connectivity index (χ2n) is 4.62. The Labute approximate surface area is 119 Å². The van der Waals surface area contributed by atoms with Crippen LogP contribution in [0.3, 0.4) is 0 Å². The number of anilines is 1. The van der Waals surface area contributed by atoms with E-state index in [2.05, 4.69) is 5.32 Å². The van der Waals surface area contributed by atoms with Gasteiger partial charge in [0.1, 0.15) is 6.10 Å². The zero-order valence-corrected chi connectivity index (χ0v) is 11.3. The van der Waals surface area contributed by atoms with Gasteiger partial charge in [-0.05, 0) is 24.6 Å². The van der Waals surface area contributed by atoms with Crippen molar-refractivity contribution in [3.8, 4) is 0 Å². The highest BCUT2D eigenvalue weighted by atomic mass is 35.5. The molecule has 0 bridgehead atoms. The summed E-state index contributed by atoms with van der Waals surface area (Å²) in [7, 11) is 0. The molecule has 3 nitrogen and oxygen atoms in total. The van der Waals surface area contributed by atoms with Crippen molar-refractivity contribution >= 4 is 28.9 Å². The largest absolute Gasteiger partial charge is 0.396 e. The Hall–Kier alpha value is -0.620. The second-order valence-corrected chi connectivity index (χ2v) is 5.46. The third-order valence-electron chi connectivity index (χ3n) is 3.34. The maximum Gasteiger partial charge on any atom is 0.293 e. The number of hydrogen-bond acceptors (Lipinski definition) is 3. The number of hydrogen-bond donors (Lipinski definition) is 3. The highest BCUT2D eigenvalue weighted by Gasteiger charge is 2.56. The number of alkyl halides is 2. The van der Waals surface area contributed by atoms with Crippen LogP contribution in [0.1, 0.15) is 6.42 Å². The van der Waals surface area contributed by atoms with E-state index in [0.717, 1.165) is 0 Å². The SMILES string of the molecule is OC[C@H]1C[C@@H](Nc2ccc(Cl)cc2Cl)C(F)(F)[C@@H]1O. The first-order chi connectivity index (χ1) is 8.86. The van der Waals surface area contributed by atoms with E-state index in [9.17, 15) is 13.9 Å². The molecule has 0 aromatic heterocycles. The molecule has 1 aromatic rings. The molecule has 1 aromatic carbocycles. The molecule has 3 atom stereocenters. The molecular weight excluding hydrogens is 299 g/mol.